The number of carbonyl (C=O) groups is 1. The molecule has 1 aliphatic rings. The standard InChI is InChI=1S/C21H22O5/c1-4-23-15-10-11-16-18(13-15)26-19(20(16)22)12-14-8-7-9-17(24-5-2)21(14)25-6-3/h7-13H,4-6H2,1-3H3/b19-12-. The molecular weight excluding hydrogens is 332 g/mol. The van der Waals surface area contributed by atoms with Gasteiger partial charge < -0.3 is 18.9 Å². The van der Waals surface area contributed by atoms with Crippen molar-refractivity contribution in [2.45, 2.75) is 20.8 Å². The predicted molar refractivity (Wildman–Crippen MR) is 99.3 cm³/mol. The molecule has 0 spiro atoms. The molecule has 136 valence electrons. The van der Waals surface area contributed by atoms with E-state index in [0.29, 0.717) is 48.4 Å². The number of ketones is 1. The number of Topliss-reactive ketones (excluding diaryl/α,β-unsaturated/α-hetero) is 1. The molecule has 26 heavy (non-hydrogen) atoms. The summed E-state index contributed by atoms with van der Waals surface area (Å²) in [6, 6.07) is 10.8. The average Bonchev–Trinajstić information content (AvgIpc) is 2.93. The molecule has 0 fully saturated rings. The molecule has 5 nitrogen and oxygen atoms in total. The maximum atomic E-state index is 12.6. The maximum absolute atomic E-state index is 12.6. The first kappa shape index (κ1) is 17.9. The molecule has 0 atom stereocenters. The molecule has 0 saturated heterocycles. The third-order valence-corrected chi connectivity index (χ3v) is 3.84. The van der Waals surface area contributed by atoms with Crippen molar-refractivity contribution >= 4 is 11.9 Å². The van der Waals surface area contributed by atoms with E-state index in [1.165, 1.54) is 0 Å². The van der Waals surface area contributed by atoms with Gasteiger partial charge >= 0.3 is 0 Å². The van der Waals surface area contributed by atoms with Crippen molar-refractivity contribution in [1.29, 1.82) is 0 Å². The van der Waals surface area contributed by atoms with Gasteiger partial charge in [0.25, 0.3) is 0 Å². The lowest BCUT2D eigenvalue weighted by Gasteiger charge is -2.13. The molecule has 0 N–H and O–H groups in total. The van der Waals surface area contributed by atoms with Gasteiger partial charge in [-0.2, -0.15) is 0 Å². The number of ether oxygens (including phenoxy) is 4. The normalized spacial score (nSPS) is 14.1. The lowest BCUT2D eigenvalue weighted by molar-refractivity contribution is 0.101. The Balaban J connectivity index is 1.96. The van der Waals surface area contributed by atoms with Crippen LogP contribution in [0.2, 0.25) is 0 Å². The van der Waals surface area contributed by atoms with E-state index >= 15 is 0 Å². The second kappa shape index (κ2) is 7.95. The van der Waals surface area contributed by atoms with E-state index < -0.39 is 0 Å². The molecule has 2 aromatic rings. The van der Waals surface area contributed by atoms with Crippen LogP contribution >= 0.6 is 0 Å². The van der Waals surface area contributed by atoms with E-state index in [9.17, 15) is 4.79 Å². The lowest BCUT2D eigenvalue weighted by atomic mass is 10.1. The molecule has 5 heteroatoms. The molecule has 0 radical (unpaired) electrons. The van der Waals surface area contributed by atoms with Crippen LogP contribution < -0.4 is 18.9 Å². The van der Waals surface area contributed by atoms with Gasteiger partial charge in [0, 0.05) is 11.6 Å². The Morgan fingerprint density at radius 3 is 2.46 bits per heavy atom. The van der Waals surface area contributed by atoms with Gasteiger partial charge in [0.15, 0.2) is 17.3 Å². The molecule has 0 unspecified atom stereocenters. The van der Waals surface area contributed by atoms with Crippen LogP contribution in [0.3, 0.4) is 0 Å². The molecule has 0 saturated carbocycles. The first-order chi connectivity index (χ1) is 12.7. The molecule has 0 amide bonds. The van der Waals surface area contributed by atoms with Crippen LogP contribution in [0.15, 0.2) is 42.2 Å². The minimum Gasteiger partial charge on any atom is -0.494 e. The minimum absolute atomic E-state index is 0.160. The molecule has 0 aliphatic carbocycles. The van der Waals surface area contributed by atoms with Crippen LogP contribution in [-0.2, 0) is 0 Å². The second-order valence-electron chi connectivity index (χ2n) is 5.57. The van der Waals surface area contributed by atoms with Crippen LogP contribution in [0.1, 0.15) is 36.7 Å². The first-order valence-corrected chi connectivity index (χ1v) is 8.77. The van der Waals surface area contributed by atoms with Crippen molar-refractivity contribution in [2.24, 2.45) is 0 Å². The molecule has 3 rings (SSSR count). The van der Waals surface area contributed by atoms with Crippen LogP contribution in [0, 0.1) is 0 Å². The number of allylic oxidation sites excluding steroid dienone is 1. The van der Waals surface area contributed by atoms with E-state index in [4.69, 9.17) is 18.9 Å². The highest BCUT2D eigenvalue weighted by molar-refractivity contribution is 6.14. The summed E-state index contributed by atoms with van der Waals surface area (Å²) >= 11 is 0. The third-order valence-electron chi connectivity index (χ3n) is 3.84. The Kier molecular flexibility index (Phi) is 5.46. The van der Waals surface area contributed by atoms with Gasteiger partial charge in [-0.05, 0) is 45.0 Å². The van der Waals surface area contributed by atoms with Crippen LogP contribution in [0.4, 0.5) is 0 Å². The fourth-order valence-corrected chi connectivity index (χ4v) is 2.78. The van der Waals surface area contributed by atoms with Crippen LogP contribution in [0.25, 0.3) is 6.08 Å². The molecule has 1 aliphatic heterocycles. The number of fused-ring (bicyclic) bond motifs is 1. The average molecular weight is 354 g/mol. The fraction of sp³-hybridized carbons (Fsp3) is 0.286. The summed E-state index contributed by atoms with van der Waals surface area (Å²) in [4.78, 5) is 12.6. The minimum atomic E-state index is -0.160. The number of rotatable bonds is 7. The van der Waals surface area contributed by atoms with E-state index in [1.807, 2.05) is 39.0 Å². The van der Waals surface area contributed by atoms with Crippen molar-refractivity contribution in [1.82, 2.24) is 0 Å². The van der Waals surface area contributed by atoms with Crippen LogP contribution in [-0.4, -0.2) is 25.6 Å². The van der Waals surface area contributed by atoms with Crippen molar-refractivity contribution in [3.8, 4) is 23.0 Å². The Bertz CT molecular complexity index is 838. The van der Waals surface area contributed by atoms with E-state index in [1.54, 1.807) is 24.3 Å². The number of para-hydroxylation sites is 1. The fourth-order valence-electron chi connectivity index (χ4n) is 2.78. The smallest absolute Gasteiger partial charge is 0.231 e. The first-order valence-electron chi connectivity index (χ1n) is 8.77. The quantitative estimate of drug-likeness (QED) is 0.685. The summed E-state index contributed by atoms with van der Waals surface area (Å²) < 4.78 is 22.6. The number of benzene rings is 2. The number of hydrogen-bond donors (Lipinski definition) is 0. The van der Waals surface area contributed by atoms with E-state index in [2.05, 4.69) is 0 Å². The summed E-state index contributed by atoms with van der Waals surface area (Å²) in [5.41, 5.74) is 1.26. The van der Waals surface area contributed by atoms with Gasteiger partial charge in [0.2, 0.25) is 5.78 Å². The Hall–Kier alpha value is -2.95. The monoisotopic (exact) mass is 354 g/mol. The van der Waals surface area contributed by atoms with E-state index in [0.717, 1.165) is 5.56 Å². The summed E-state index contributed by atoms with van der Waals surface area (Å²) in [5.74, 6) is 2.52. The Morgan fingerprint density at radius 2 is 1.73 bits per heavy atom. The second-order valence-corrected chi connectivity index (χ2v) is 5.57. The largest absolute Gasteiger partial charge is 0.494 e. The van der Waals surface area contributed by atoms with Crippen molar-refractivity contribution in [2.75, 3.05) is 19.8 Å². The van der Waals surface area contributed by atoms with Gasteiger partial charge in [-0.15, -0.1) is 0 Å². The highest BCUT2D eigenvalue weighted by atomic mass is 16.5. The van der Waals surface area contributed by atoms with Gasteiger partial charge in [0.1, 0.15) is 11.5 Å². The zero-order valence-electron chi connectivity index (χ0n) is 15.2. The topological polar surface area (TPSA) is 54.0 Å². The van der Waals surface area contributed by atoms with Gasteiger partial charge in [-0.3, -0.25) is 4.79 Å². The van der Waals surface area contributed by atoms with Crippen molar-refractivity contribution < 1.29 is 23.7 Å². The van der Waals surface area contributed by atoms with E-state index in [-0.39, 0.29) is 11.5 Å². The van der Waals surface area contributed by atoms with Crippen molar-refractivity contribution in [3.05, 3.63) is 53.3 Å². The van der Waals surface area contributed by atoms with Crippen molar-refractivity contribution in [3.63, 3.8) is 0 Å². The Labute approximate surface area is 153 Å². The molecule has 2 aromatic carbocycles. The van der Waals surface area contributed by atoms with Crippen LogP contribution in [0.5, 0.6) is 23.0 Å². The molecule has 0 aromatic heterocycles. The Morgan fingerprint density at radius 1 is 0.962 bits per heavy atom. The number of carbonyl (C=O) groups excluding carboxylic acids is 1. The summed E-state index contributed by atoms with van der Waals surface area (Å²) in [6.07, 6.45) is 1.69. The predicted octanol–water partition coefficient (Wildman–Crippen LogP) is 4.50. The third kappa shape index (κ3) is 3.52. The highest BCUT2D eigenvalue weighted by Crippen LogP contribution is 2.37. The SMILES string of the molecule is CCOc1ccc2c(c1)O/C(=C\c1cccc(OCC)c1OCC)C2=O. The van der Waals surface area contributed by atoms with Gasteiger partial charge in [-0.25, -0.2) is 0 Å². The lowest BCUT2D eigenvalue weighted by Crippen LogP contribution is -2.02. The summed E-state index contributed by atoms with van der Waals surface area (Å²) in [7, 11) is 0. The summed E-state index contributed by atoms with van der Waals surface area (Å²) in [6.45, 7) is 7.30. The molecular formula is C21H22O5. The summed E-state index contributed by atoms with van der Waals surface area (Å²) in [5, 5.41) is 0. The molecule has 0 bridgehead atoms. The molecule has 1 heterocycles. The zero-order chi connectivity index (χ0) is 18.5. The maximum Gasteiger partial charge on any atom is 0.231 e. The number of hydrogen-bond acceptors (Lipinski definition) is 5. The van der Waals surface area contributed by atoms with Gasteiger partial charge in [-0.1, -0.05) is 12.1 Å². The highest BCUT2D eigenvalue weighted by Gasteiger charge is 2.28. The zero-order valence-corrected chi connectivity index (χ0v) is 15.2. The van der Waals surface area contributed by atoms with Gasteiger partial charge in [0.05, 0.1) is 25.4 Å².